The summed E-state index contributed by atoms with van der Waals surface area (Å²) in [6, 6.07) is 5.74. The van der Waals surface area contributed by atoms with Crippen molar-refractivity contribution in [2.75, 3.05) is 6.54 Å². The summed E-state index contributed by atoms with van der Waals surface area (Å²) in [6.45, 7) is 0.663. The fraction of sp³-hybridized carbons (Fsp3) is 0.353. The summed E-state index contributed by atoms with van der Waals surface area (Å²) >= 11 is 6.12. The summed E-state index contributed by atoms with van der Waals surface area (Å²) in [7, 11) is 0. The Morgan fingerprint density at radius 1 is 1.27 bits per heavy atom. The third-order valence-corrected chi connectivity index (χ3v) is 4.27. The van der Waals surface area contributed by atoms with Gasteiger partial charge < -0.3 is 26.0 Å². The van der Waals surface area contributed by atoms with Crippen molar-refractivity contribution in [1.82, 2.24) is 15.2 Å². The van der Waals surface area contributed by atoms with Crippen LogP contribution in [0.2, 0.25) is 5.02 Å². The quantitative estimate of drug-likeness (QED) is 0.494. The van der Waals surface area contributed by atoms with E-state index in [9.17, 15) is 19.5 Å². The van der Waals surface area contributed by atoms with E-state index < -0.39 is 18.0 Å². The fourth-order valence-electron chi connectivity index (χ4n) is 2.64. The Balaban J connectivity index is 1.86. The normalized spacial score (nSPS) is 11.9. The number of aryl methyl sites for hydroxylation is 1. The Bertz CT molecular complexity index is 805. The van der Waals surface area contributed by atoms with E-state index >= 15 is 0 Å². The number of halogens is 1. The van der Waals surface area contributed by atoms with Gasteiger partial charge in [0.05, 0.1) is 0 Å². The zero-order valence-electron chi connectivity index (χ0n) is 14.1. The summed E-state index contributed by atoms with van der Waals surface area (Å²) in [5.41, 5.74) is 5.85. The van der Waals surface area contributed by atoms with Gasteiger partial charge in [-0.05, 0) is 31.0 Å². The molecule has 9 heteroatoms. The first-order chi connectivity index (χ1) is 12.4. The molecule has 8 nitrogen and oxygen atoms in total. The van der Waals surface area contributed by atoms with E-state index in [0.717, 1.165) is 10.9 Å². The number of fused-ring (bicyclic) bond motifs is 1. The molecule has 140 valence electrons. The van der Waals surface area contributed by atoms with Gasteiger partial charge in [-0.3, -0.25) is 4.79 Å². The zero-order valence-corrected chi connectivity index (χ0v) is 14.8. The van der Waals surface area contributed by atoms with Crippen LogP contribution in [0.25, 0.3) is 10.9 Å². The number of benzene rings is 1. The molecule has 2 rings (SSSR count). The first-order valence-electron chi connectivity index (χ1n) is 8.17. The number of carbonyl (C=O) groups excluding carboxylic acids is 2. The van der Waals surface area contributed by atoms with Crippen LogP contribution in [0.5, 0.6) is 0 Å². The summed E-state index contributed by atoms with van der Waals surface area (Å²) < 4.78 is 1.90. The van der Waals surface area contributed by atoms with E-state index in [1.54, 1.807) is 6.07 Å². The number of hydrogen-bond acceptors (Lipinski definition) is 3. The number of carbonyl (C=O) groups is 3. The lowest BCUT2D eigenvalue weighted by Gasteiger charge is -2.15. The largest absolute Gasteiger partial charge is 0.480 e. The van der Waals surface area contributed by atoms with Crippen LogP contribution in [-0.4, -0.2) is 40.2 Å². The zero-order chi connectivity index (χ0) is 19.1. The number of urea groups is 1. The highest BCUT2D eigenvalue weighted by molar-refractivity contribution is 6.35. The van der Waals surface area contributed by atoms with Crippen molar-refractivity contribution in [3.63, 3.8) is 0 Å². The Hall–Kier alpha value is -2.74. The summed E-state index contributed by atoms with van der Waals surface area (Å²) in [5.74, 6) is -1.47. The number of aliphatic carboxylic acids is 1. The van der Waals surface area contributed by atoms with Gasteiger partial charge in [0.1, 0.15) is 6.04 Å². The number of nitrogens with two attached hydrogens (primary N) is 1. The molecule has 2 aromatic rings. The Morgan fingerprint density at radius 2 is 2.04 bits per heavy atom. The predicted octanol–water partition coefficient (Wildman–Crippen LogP) is 1.70. The summed E-state index contributed by atoms with van der Waals surface area (Å²) in [4.78, 5) is 33.9. The number of rotatable bonds is 9. The molecule has 0 saturated carbocycles. The highest BCUT2D eigenvalue weighted by atomic mass is 35.5. The average Bonchev–Trinajstić information content (AvgIpc) is 3.00. The maximum Gasteiger partial charge on any atom is 0.326 e. The number of nitrogens with zero attached hydrogens (tertiary/aromatic N) is 1. The van der Waals surface area contributed by atoms with Gasteiger partial charge in [0.2, 0.25) is 5.91 Å². The first kappa shape index (κ1) is 19.6. The topological polar surface area (TPSA) is 126 Å². The van der Waals surface area contributed by atoms with Gasteiger partial charge >= 0.3 is 12.0 Å². The molecular weight excluding hydrogens is 360 g/mol. The Morgan fingerprint density at radius 3 is 2.73 bits per heavy atom. The second-order valence-electron chi connectivity index (χ2n) is 5.82. The minimum atomic E-state index is -1.12. The molecule has 1 unspecified atom stereocenters. The average molecular weight is 381 g/mol. The van der Waals surface area contributed by atoms with Crippen molar-refractivity contribution in [3.8, 4) is 0 Å². The van der Waals surface area contributed by atoms with Crippen LogP contribution < -0.4 is 16.4 Å². The third kappa shape index (κ3) is 5.38. The number of primary amides is 1. The molecular formula is C17H21ClN4O4. The highest BCUT2D eigenvalue weighted by Gasteiger charge is 2.19. The predicted molar refractivity (Wildman–Crippen MR) is 98.0 cm³/mol. The summed E-state index contributed by atoms with van der Waals surface area (Å²) in [6.07, 6.45) is 2.57. The van der Waals surface area contributed by atoms with Crippen molar-refractivity contribution in [2.24, 2.45) is 5.73 Å². The lowest BCUT2D eigenvalue weighted by molar-refractivity contribution is -0.142. The monoisotopic (exact) mass is 380 g/mol. The molecule has 0 saturated heterocycles. The minimum Gasteiger partial charge on any atom is -0.480 e. The van der Waals surface area contributed by atoms with E-state index in [2.05, 4.69) is 10.6 Å². The number of carboxylic acid groups (broad SMARTS) is 1. The van der Waals surface area contributed by atoms with E-state index in [1.807, 2.05) is 29.0 Å². The van der Waals surface area contributed by atoms with Crippen LogP contribution in [0.4, 0.5) is 4.79 Å². The molecule has 0 radical (unpaired) electrons. The minimum absolute atomic E-state index is 0.139. The van der Waals surface area contributed by atoms with Gasteiger partial charge in [0.25, 0.3) is 0 Å². The van der Waals surface area contributed by atoms with Crippen LogP contribution in [-0.2, 0) is 16.1 Å². The molecule has 1 heterocycles. The molecule has 0 spiro atoms. The number of hydrogen-bond donors (Lipinski definition) is 4. The van der Waals surface area contributed by atoms with Gasteiger partial charge in [0.15, 0.2) is 0 Å². The van der Waals surface area contributed by atoms with Crippen molar-refractivity contribution in [1.29, 1.82) is 0 Å². The molecule has 0 aliphatic rings. The van der Waals surface area contributed by atoms with Crippen LogP contribution in [0.15, 0.2) is 30.5 Å². The molecule has 0 aliphatic carbocycles. The molecule has 1 atom stereocenters. The third-order valence-electron chi connectivity index (χ3n) is 3.94. The number of carboxylic acids is 1. The smallest absolute Gasteiger partial charge is 0.326 e. The highest BCUT2D eigenvalue weighted by Crippen LogP contribution is 2.24. The van der Waals surface area contributed by atoms with Gasteiger partial charge in [-0.15, -0.1) is 0 Å². The Labute approximate surface area is 155 Å². The van der Waals surface area contributed by atoms with Crippen LogP contribution >= 0.6 is 11.6 Å². The van der Waals surface area contributed by atoms with E-state index in [0.29, 0.717) is 18.0 Å². The molecule has 1 aromatic carbocycles. The van der Waals surface area contributed by atoms with Crippen molar-refractivity contribution >= 4 is 40.4 Å². The van der Waals surface area contributed by atoms with Crippen molar-refractivity contribution in [2.45, 2.75) is 31.8 Å². The van der Waals surface area contributed by atoms with Gasteiger partial charge in [-0.25, -0.2) is 9.59 Å². The number of nitrogens with one attached hydrogen (secondary N) is 2. The molecule has 5 N–H and O–H groups in total. The molecule has 0 aliphatic heterocycles. The molecule has 0 fully saturated rings. The first-order valence-corrected chi connectivity index (χ1v) is 8.55. The van der Waals surface area contributed by atoms with Gasteiger partial charge in [0, 0.05) is 41.6 Å². The van der Waals surface area contributed by atoms with Gasteiger partial charge in [-0.2, -0.15) is 0 Å². The fourth-order valence-corrected chi connectivity index (χ4v) is 2.88. The standard InChI is InChI=1S/C17H21ClN4O4/c18-12-3-1-5-14-11(12)6-9-22(14)10-7-15(23)21-13(16(24)25)4-2-8-20-17(19)26/h1,3,5-6,9,13H,2,4,7-8,10H2,(H,21,23)(H,24,25)(H3,19,20,26). The molecule has 26 heavy (non-hydrogen) atoms. The summed E-state index contributed by atoms with van der Waals surface area (Å²) in [5, 5.41) is 15.6. The lowest BCUT2D eigenvalue weighted by atomic mass is 10.1. The van der Waals surface area contributed by atoms with Crippen molar-refractivity contribution in [3.05, 3.63) is 35.5 Å². The maximum absolute atomic E-state index is 12.1. The second-order valence-corrected chi connectivity index (χ2v) is 6.23. The van der Waals surface area contributed by atoms with Crippen LogP contribution in [0.1, 0.15) is 19.3 Å². The van der Waals surface area contributed by atoms with Crippen LogP contribution in [0.3, 0.4) is 0 Å². The molecule has 0 bridgehead atoms. The Kier molecular flexibility index (Phi) is 6.85. The SMILES string of the molecule is NC(=O)NCCCC(NC(=O)CCn1ccc2c(Cl)cccc21)C(=O)O. The van der Waals surface area contributed by atoms with E-state index in [4.69, 9.17) is 17.3 Å². The second kappa shape index (κ2) is 9.10. The number of aromatic nitrogens is 1. The number of amides is 3. The maximum atomic E-state index is 12.1. The van der Waals surface area contributed by atoms with Crippen molar-refractivity contribution < 1.29 is 19.5 Å². The molecule has 1 aromatic heterocycles. The molecule has 3 amide bonds. The van der Waals surface area contributed by atoms with Gasteiger partial charge in [-0.1, -0.05) is 17.7 Å². The van der Waals surface area contributed by atoms with E-state index in [-0.39, 0.29) is 25.3 Å². The van der Waals surface area contributed by atoms with E-state index in [1.165, 1.54) is 0 Å². The lowest BCUT2D eigenvalue weighted by Crippen LogP contribution is -2.41. The van der Waals surface area contributed by atoms with Crippen LogP contribution in [0, 0.1) is 0 Å².